The van der Waals surface area contributed by atoms with E-state index in [1.165, 1.54) is 33.1 Å². The summed E-state index contributed by atoms with van der Waals surface area (Å²) in [7, 11) is 0.614. The van der Waals surface area contributed by atoms with Crippen molar-refractivity contribution >= 4 is 20.1 Å². The number of benzene rings is 3. The Morgan fingerprint density at radius 2 is 1.59 bits per heavy atom. The van der Waals surface area contributed by atoms with Gasteiger partial charge in [-0.25, -0.2) is 0 Å². The van der Waals surface area contributed by atoms with Crippen LogP contribution in [0, 0.1) is 13.8 Å². The van der Waals surface area contributed by atoms with Gasteiger partial charge in [0.1, 0.15) is 12.4 Å². The molecule has 0 amide bonds. The molecule has 0 aliphatic rings. The third kappa shape index (κ3) is 7.03. The van der Waals surface area contributed by atoms with Crippen molar-refractivity contribution in [2.45, 2.75) is 78.6 Å². The normalized spacial score (nSPS) is 14.1. The lowest BCUT2D eigenvalue weighted by Crippen LogP contribution is -2.22. The van der Waals surface area contributed by atoms with Gasteiger partial charge in [-0.3, -0.25) is 4.99 Å². The largest absolute Gasteiger partial charge is 0.488 e. The number of aliphatic imine (C=N–C) groups is 1. The molecule has 2 nitrogen and oxygen atoms in total. The van der Waals surface area contributed by atoms with Gasteiger partial charge in [-0.2, -0.15) is 0 Å². The van der Waals surface area contributed by atoms with E-state index in [2.05, 4.69) is 115 Å². The molecular formula is C31H40NOP. The van der Waals surface area contributed by atoms with Gasteiger partial charge in [0.15, 0.2) is 0 Å². The van der Waals surface area contributed by atoms with Gasteiger partial charge in [-0.05, 0) is 63.0 Å². The van der Waals surface area contributed by atoms with Crippen molar-refractivity contribution in [3.63, 3.8) is 0 Å². The number of nitrogens with zero attached hydrogens (tertiary/aromatic N) is 1. The predicted molar refractivity (Wildman–Crippen MR) is 151 cm³/mol. The van der Waals surface area contributed by atoms with E-state index in [1.54, 1.807) is 0 Å². The van der Waals surface area contributed by atoms with E-state index in [0.29, 0.717) is 15.2 Å². The zero-order chi connectivity index (χ0) is 24.8. The standard InChI is InChI=1S/C31H40NOP/c1-8-18-31(7,34-28-17-13-12-16-26(28)21-32-30(4,5)6)27-20-23(2)19-24(3)29(27)33-22-25-14-10-9-11-15-25/h9-17,19-21,34H,8,18,22H2,1-7H3. The number of hydrogen-bond acceptors (Lipinski definition) is 2. The Bertz CT molecular complexity index is 1110. The van der Waals surface area contributed by atoms with Gasteiger partial charge >= 0.3 is 0 Å². The first-order chi connectivity index (χ1) is 16.1. The summed E-state index contributed by atoms with van der Waals surface area (Å²) in [6, 6.07) is 23.7. The minimum atomic E-state index is -0.0882. The number of hydrogen-bond donors (Lipinski definition) is 0. The molecule has 0 heterocycles. The number of rotatable bonds is 9. The smallest absolute Gasteiger partial charge is 0.126 e. The molecule has 34 heavy (non-hydrogen) atoms. The zero-order valence-electron chi connectivity index (χ0n) is 21.9. The third-order valence-electron chi connectivity index (χ3n) is 5.95. The molecular weight excluding hydrogens is 433 g/mol. The van der Waals surface area contributed by atoms with Crippen LogP contribution in [0.1, 0.15) is 75.3 Å². The minimum Gasteiger partial charge on any atom is -0.488 e. The van der Waals surface area contributed by atoms with Crippen LogP contribution in [-0.4, -0.2) is 11.8 Å². The van der Waals surface area contributed by atoms with Crippen molar-refractivity contribution in [3.05, 3.63) is 94.5 Å². The fourth-order valence-electron chi connectivity index (χ4n) is 4.33. The van der Waals surface area contributed by atoms with Crippen LogP contribution in [0.5, 0.6) is 5.75 Å². The molecule has 0 saturated carbocycles. The Morgan fingerprint density at radius 3 is 2.26 bits per heavy atom. The van der Waals surface area contributed by atoms with Crippen LogP contribution in [0.15, 0.2) is 71.7 Å². The van der Waals surface area contributed by atoms with E-state index >= 15 is 0 Å². The van der Waals surface area contributed by atoms with Crippen LogP contribution < -0.4 is 10.0 Å². The highest BCUT2D eigenvalue weighted by atomic mass is 31.1. The summed E-state index contributed by atoms with van der Waals surface area (Å²) in [6.45, 7) is 16.1. The molecule has 0 aromatic heterocycles. The second-order valence-electron chi connectivity index (χ2n) is 10.5. The van der Waals surface area contributed by atoms with Gasteiger partial charge in [-0.15, -0.1) is 0 Å². The van der Waals surface area contributed by atoms with Crippen molar-refractivity contribution < 1.29 is 4.74 Å². The van der Waals surface area contributed by atoms with Gasteiger partial charge in [0.05, 0.1) is 5.54 Å². The maximum absolute atomic E-state index is 6.54. The van der Waals surface area contributed by atoms with Gasteiger partial charge in [-0.1, -0.05) is 101 Å². The summed E-state index contributed by atoms with van der Waals surface area (Å²) in [4.78, 5) is 4.80. The maximum Gasteiger partial charge on any atom is 0.126 e. The molecule has 0 N–H and O–H groups in total. The molecule has 3 heteroatoms. The van der Waals surface area contributed by atoms with Gasteiger partial charge in [0.2, 0.25) is 0 Å². The molecule has 0 fully saturated rings. The summed E-state index contributed by atoms with van der Waals surface area (Å²) in [6.07, 6.45) is 4.27. The van der Waals surface area contributed by atoms with E-state index in [0.717, 1.165) is 18.6 Å². The van der Waals surface area contributed by atoms with E-state index in [-0.39, 0.29) is 10.7 Å². The molecule has 180 valence electrons. The van der Waals surface area contributed by atoms with E-state index < -0.39 is 0 Å². The highest BCUT2D eigenvalue weighted by molar-refractivity contribution is 7.48. The summed E-state index contributed by atoms with van der Waals surface area (Å²) in [5.74, 6) is 1.04. The highest BCUT2D eigenvalue weighted by Gasteiger charge is 2.31. The molecule has 3 aromatic carbocycles. The highest BCUT2D eigenvalue weighted by Crippen LogP contribution is 2.49. The summed E-state index contributed by atoms with van der Waals surface area (Å²) >= 11 is 0. The fraction of sp³-hybridized carbons (Fsp3) is 0.387. The van der Waals surface area contributed by atoms with Gasteiger partial charge in [0, 0.05) is 16.9 Å². The quantitative estimate of drug-likeness (QED) is 0.227. The Morgan fingerprint density at radius 1 is 0.912 bits per heavy atom. The van der Waals surface area contributed by atoms with Crippen molar-refractivity contribution in [1.29, 1.82) is 0 Å². The Labute approximate surface area is 208 Å². The lowest BCUT2D eigenvalue weighted by Gasteiger charge is -2.33. The van der Waals surface area contributed by atoms with Crippen molar-refractivity contribution in [2.24, 2.45) is 4.99 Å². The second-order valence-corrected chi connectivity index (χ2v) is 12.3. The molecule has 3 rings (SSSR count). The maximum atomic E-state index is 6.54. The molecule has 0 aliphatic heterocycles. The Balaban J connectivity index is 2.02. The lowest BCUT2D eigenvalue weighted by atomic mass is 9.91. The van der Waals surface area contributed by atoms with Crippen LogP contribution in [0.3, 0.4) is 0 Å². The first-order valence-electron chi connectivity index (χ1n) is 12.3. The van der Waals surface area contributed by atoms with E-state index in [4.69, 9.17) is 9.73 Å². The summed E-state index contributed by atoms with van der Waals surface area (Å²) < 4.78 is 6.54. The van der Waals surface area contributed by atoms with Crippen molar-refractivity contribution in [1.82, 2.24) is 0 Å². The number of aryl methyl sites for hydroxylation is 2. The SMILES string of the molecule is CCCC(C)(Pc1ccccc1C=NC(C)(C)C)c1cc(C)cc(C)c1OCc1ccccc1. The van der Waals surface area contributed by atoms with Crippen LogP contribution in [0.4, 0.5) is 0 Å². The molecule has 2 unspecified atom stereocenters. The zero-order valence-corrected chi connectivity index (χ0v) is 22.9. The first-order valence-corrected chi connectivity index (χ1v) is 13.3. The lowest BCUT2D eigenvalue weighted by molar-refractivity contribution is 0.297. The van der Waals surface area contributed by atoms with Gasteiger partial charge in [0.25, 0.3) is 0 Å². The molecule has 0 saturated heterocycles. The molecule has 0 spiro atoms. The van der Waals surface area contributed by atoms with Gasteiger partial charge < -0.3 is 4.74 Å². The summed E-state index contributed by atoms with van der Waals surface area (Å²) in [5, 5.41) is 1.34. The third-order valence-corrected chi connectivity index (χ3v) is 7.75. The van der Waals surface area contributed by atoms with Crippen LogP contribution in [-0.2, 0) is 11.8 Å². The Hall–Kier alpha value is -2.44. The topological polar surface area (TPSA) is 21.6 Å². The molecule has 0 radical (unpaired) electrons. The van der Waals surface area contributed by atoms with Crippen LogP contribution in [0.25, 0.3) is 0 Å². The number of ether oxygens (including phenoxy) is 1. The average Bonchev–Trinajstić information content (AvgIpc) is 2.78. The second kappa shape index (κ2) is 11.3. The van der Waals surface area contributed by atoms with Crippen LogP contribution in [0.2, 0.25) is 0 Å². The van der Waals surface area contributed by atoms with Crippen molar-refractivity contribution in [2.75, 3.05) is 0 Å². The van der Waals surface area contributed by atoms with Crippen LogP contribution >= 0.6 is 8.58 Å². The monoisotopic (exact) mass is 473 g/mol. The molecule has 0 aliphatic carbocycles. The van der Waals surface area contributed by atoms with Crippen molar-refractivity contribution in [3.8, 4) is 5.75 Å². The summed E-state index contributed by atoms with van der Waals surface area (Å²) in [5.41, 5.74) is 6.14. The Kier molecular flexibility index (Phi) is 8.72. The average molecular weight is 474 g/mol. The molecule has 3 aromatic rings. The van der Waals surface area contributed by atoms with E-state index in [1.807, 2.05) is 6.07 Å². The fourth-order valence-corrected chi connectivity index (χ4v) is 6.10. The van der Waals surface area contributed by atoms with E-state index in [9.17, 15) is 0 Å². The molecule has 2 atom stereocenters. The minimum absolute atomic E-state index is 0.0246. The predicted octanol–water partition coefficient (Wildman–Crippen LogP) is 8.12. The first kappa shape index (κ1) is 26.2. The molecule has 0 bridgehead atoms.